The molecule has 2 aromatic rings. The van der Waals surface area contributed by atoms with Crippen molar-refractivity contribution in [2.45, 2.75) is 26.4 Å². The van der Waals surface area contributed by atoms with E-state index in [2.05, 4.69) is 10.3 Å². The van der Waals surface area contributed by atoms with E-state index in [1.54, 1.807) is 13.8 Å². The number of pyridine rings is 1. The van der Waals surface area contributed by atoms with Gasteiger partial charge in [0, 0.05) is 11.6 Å². The molecule has 0 fully saturated rings. The van der Waals surface area contributed by atoms with Crippen LogP contribution in [0, 0.1) is 12.7 Å². The molecule has 3 N–H and O–H groups in total. The molecule has 1 heterocycles. The fourth-order valence-corrected chi connectivity index (χ4v) is 2.33. The maximum Gasteiger partial charge on any atom is 0.341 e. The molecule has 0 radical (unpaired) electrons. The van der Waals surface area contributed by atoms with Crippen LogP contribution < -0.4 is 5.32 Å². The van der Waals surface area contributed by atoms with E-state index < -0.39 is 29.9 Å². The number of carbonyl (C=O) groups is 2. The van der Waals surface area contributed by atoms with Crippen molar-refractivity contribution in [2.24, 2.45) is 0 Å². The van der Waals surface area contributed by atoms with Crippen LogP contribution >= 0.6 is 0 Å². The Bertz CT molecular complexity index is 835. The van der Waals surface area contributed by atoms with Crippen LogP contribution in [0.4, 0.5) is 10.1 Å². The molecule has 1 unspecified atom stereocenters. The molecule has 0 saturated heterocycles. The Morgan fingerprint density at radius 1 is 1.40 bits per heavy atom. The van der Waals surface area contributed by atoms with E-state index in [1.807, 2.05) is 0 Å². The highest BCUT2D eigenvalue weighted by Gasteiger charge is 2.30. The molecule has 1 atom stereocenters. The van der Waals surface area contributed by atoms with Crippen LogP contribution in [0.15, 0.2) is 18.3 Å². The predicted octanol–water partition coefficient (Wildman–Crippen LogP) is 2.11. The molecule has 0 aliphatic carbocycles. The third-order valence-electron chi connectivity index (χ3n) is 3.69. The summed E-state index contributed by atoms with van der Waals surface area (Å²) in [6, 6.07) is 2.49. The minimum absolute atomic E-state index is 0.0283. The van der Waals surface area contributed by atoms with E-state index in [-0.39, 0.29) is 17.9 Å². The summed E-state index contributed by atoms with van der Waals surface area (Å²) in [7, 11) is 0. The van der Waals surface area contributed by atoms with Gasteiger partial charge in [-0.25, -0.2) is 14.0 Å². The average Bonchev–Trinajstić information content (AvgIpc) is 2.52. The lowest BCUT2D eigenvalue weighted by Gasteiger charge is -2.21. The number of aliphatic carboxylic acids is 1. The number of anilines is 1. The van der Waals surface area contributed by atoms with Gasteiger partial charge in [-0.15, -0.1) is 0 Å². The molecule has 8 heteroatoms. The largest absolute Gasteiger partial charge is 0.479 e. The summed E-state index contributed by atoms with van der Waals surface area (Å²) in [5.41, 5.74) is -0.886. The number of hydrogen-bond acceptors (Lipinski definition) is 6. The molecule has 1 aromatic carbocycles. The molecular formula is C17H19FN2O5. The summed E-state index contributed by atoms with van der Waals surface area (Å²) in [6.07, 6.45) is 1.28. The lowest BCUT2D eigenvalue weighted by Crippen LogP contribution is -2.42. The Labute approximate surface area is 143 Å². The smallest absolute Gasteiger partial charge is 0.341 e. The van der Waals surface area contributed by atoms with Crippen molar-refractivity contribution in [1.82, 2.24) is 4.98 Å². The molecule has 134 valence electrons. The Hall–Kier alpha value is -2.74. The second-order valence-electron chi connectivity index (χ2n) is 5.82. The van der Waals surface area contributed by atoms with Crippen LogP contribution in [0.2, 0.25) is 0 Å². The van der Waals surface area contributed by atoms with Crippen LogP contribution in [0.5, 0.6) is 0 Å². The van der Waals surface area contributed by atoms with E-state index in [0.29, 0.717) is 16.5 Å². The summed E-state index contributed by atoms with van der Waals surface area (Å²) in [4.78, 5) is 27.4. The second kappa shape index (κ2) is 7.02. The minimum atomic E-state index is -2.08. The molecule has 0 bridgehead atoms. The summed E-state index contributed by atoms with van der Waals surface area (Å²) in [5, 5.41) is 22.0. The number of nitrogens with one attached hydrogen (secondary N) is 1. The fraction of sp³-hybridized carbons (Fsp3) is 0.353. The highest BCUT2D eigenvalue weighted by Crippen LogP contribution is 2.30. The van der Waals surface area contributed by atoms with Crippen molar-refractivity contribution < 1.29 is 28.9 Å². The van der Waals surface area contributed by atoms with Crippen molar-refractivity contribution in [3.63, 3.8) is 0 Å². The fourth-order valence-electron chi connectivity index (χ4n) is 2.33. The summed E-state index contributed by atoms with van der Waals surface area (Å²) in [5.74, 6) is -2.64. The molecular weight excluding hydrogens is 331 g/mol. The number of esters is 1. The lowest BCUT2D eigenvalue weighted by molar-refractivity contribution is -0.155. The standard InChI is InChI=1S/C17H19FN2O5/c1-4-25-15(21)12-7-19-13-9(2)5-10(18)6-11(13)14(12)20-8-17(3,24)16(22)23/h5-7,24H,4,8H2,1-3H3,(H,19,20)(H,22,23). The number of carbonyl (C=O) groups excluding carboxylic acids is 1. The molecule has 1 aromatic heterocycles. The first-order valence-corrected chi connectivity index (χ1v) is 7.63. The van der Waals surface area contributed by atoms with Gasteiger partial charge in [0.15, 0.2) is 5.60 Å². The molecule has 0 amide bonds. The zero-order valence-corrected chi connectivity index (χ0v) is 14.1. The molecule has 0 aliphatic rings. The molecule has 25 heavy (non-hydrogen) atoms. The van der Waals surface area contributed by atoms with Gasteiger partial charge in [0.05, 0.1) is 24.4 Å². The number of aliphatic hydroxyl groups is 1. The van der Waals surface area contributed by atoms with Crippen molar-refractivity contribution in [3.8, 4) is 0 Å². The number of benzene rings is 1. The van der Waals surface area contributed by atoms with Gasteiger partial charge in [0.25, 0.3) is 0 Å². The summed E-state index contributed by atoms with van der Waals surface area (Å²) in [6.45, 7) is 4.15. The first-order chi connectivity index (χ1) is 11.7. The number of rotatable bonds is 6. The van der Waals surface area contributed by atoms with Crippen molar-refractivity contribution >= 4 is 28.5 Å². The zero-order chi connectivity index (χ0) is 18.8. The number of fused-ring (bicyclic) bond motifs is 1. The number of hydrogen-bond donors (Lipinski definition) is 3. The van der Waals surface area contributed by atoms with Crippen LogP contribution in [0.25, 0.3) is 10.9 Å². The van der Waals surface area contributed by atoms with Crippen LogP contribution in [-0.4, -0.2) is 45.9 Å². The monoisotopic (exact) mass is 350 g/mol. The SMILES string of the molecule is CCOC(=O)c1cnc2c(C)cc(F)cc2c1NCC(C)(O)C(=O)O. The van der Waals surface area contributed by atoms with Gasteiger partial charge in [-0.3, -0.25) is 4.98 Å². The second-order valence-corrected chi connectivity index (χ2v) is 5.82. The van der Waals surface area contributed by atoms with Crippen LogP contribution in [0.3, 0.4) is 0 Å². The number of nitrogens with zero attached hydrogens (tertiary/aromatic N) is 1. The van der Waals surface area contributed by atoms with Gasteiger partial charge in [0.1, 0.15) is 11.4 Å². The van der Waals surface area contributed by atoms with Crippen LogP contribution in [0.1, 0.15) is 29.8 Å². The minimum Gasteiger partial charge on any atom is -0.479 e. The number of aryl methyl sites for hydroxylation is 1. The molecule has 2 rings (SSSR count). The van der Waals surface area contributed by atoms with Gasteiger partial charge in [0.2, 0.25) is 0 Å². The molecule has 0 spiro atoms. The normalized spacial score (nSPS) is 13.3. The van der Waals surface area contributed by atoms with Crippen molar-refractivity contribution in [3.05, 3.63) is 35.3 Å². The van der Waals surface area contributed by atoms with Gasteiger partial charge >= 0.3 is 11.9 Å². The van der Waals surface area contributed by atoms with Gasteiger partial charge in [-0.05, 0) is 38.5 Å². The van der Waals surface area contributed by atoms with E-state index in [1.165, 1.54) is 18.3 Å². The van der Waals surface area contributed by atoms with Crippen molar-refractivity contribution in [1.29, 1.82) is 0 Å². The van der Waals surface area contributed by atoms with Gasteiger partial charge < -0.3 is 20.3 Å². The number of ether oxygens (including phenoxy) is 1. The first-order valence-electron chi connectivity index (χ1n) is 7.63. The Kier molecular flexibility index (Phi) is 5.22. The molecule has 7 nitrogen and oxygen atoms in total. The summed E-state index contributed by atoms with van der Waals surface area (Å²) >= 11 is 0. The number of halogens is 1. The number of carboxylic acid groups (broad SMARTS) is 1. The Morgan fingerprint density at radius 3 is 2.68 bits per heavy atom. The van der Waals surface area contributed by atoms with Gasteiger partial charge in [-0.1, -0.05) is 0 Å². The van der Waals surface area contributed by atoms with E-state index in [0.717, 1.165) is 6.92 Å². The molecule has 0 aliphatic heterocycles. The highest BCUT2D eigenvalue weighted by atomic mass is 19.1. The van der Waals surface area contributed by atoms with Gasteiger partial charge in [-0.2, -0.15) is 0 Å². The van der Waals surface area contributed by atoms with E-state index in [4.69, 9.17) is 9.84 Å². The number of aromatic nitrogens is 1. The first kappa shape index (κ1) is 18.6. The lowest BCUT2D eigenvalue weighted by atomic mass is 10.0. The predicted molar refractivity (Wildman–Crippen MR) is 89.1 cm³/mol. The van der Waals surface area contributed by atoms with Crippen LogP contribution in [-0.2, 0) is 9.53 Å². The summed E-state index contributed by atoms with van der Waals surface area (Å²) < 4.78 is 18.8. The Morgan fingerprint density at radius 2 is 2.08 bits per heavy atom. The third-order valence-corrected chi connectivity index (χ3v) is 3.69. The average molecular weight is 350 g/mol. The number of carboxylic acids is 1. The zero-order valence-electron chi connectivity index (χ0n) is 14.1. The topological polar surface area (TPSA) is 109 Å². The van der Waals surface area contributed by atoms with E-state index in [9.17, 15) is 19.1 Å². The maximum absolute atomic E-state index is 13.8. The Balaban J connectivity index is 2.60. The van der Waals surface area contributed by atoms with E-state index >= 15 is 0 Å². The maximum atomic E-state index is 13.8. The van der Waals surface area contributed by atoms with Crippen molar-refractivity contribution in [2.75, 3.05) is 18.5 Å². The third kappa shape index (κ3) is 3.85. The highest BCUT2D eigenvalue weighted by molar-refractivity contribution is 6.05. The molecule has 0 saturated carbocycles. The quantitative estimate of drug-likeness (QED) is 0.685.